The van der Waals surface area contributed by atoms with Crippen molar-refractivity contribution in [3.63, 3.8) is 0 Å². The van der Waals surface area contributed by atoms with Gasteiger partial charge in [-0.05, 0) is 117 Å². The molecule has 0 aliphatic heterocycles. The van der Waals surface area contributed by atoms with Crippen LogP contribution in [0.2, 0.25) is 0 Å². The Morgan fingerprint density at radius 3 is 1.05 bits per heavy atom. The van der Waals surface area contributed by atoms with E-state index in [4.69, 9.17) is 28.4 Å². The third kappa shape index (κ3) is 22.9. The molecule has 0 spiro atoms. The van der Waals surface area contributed by atoms with E-state index in [1.807, 2.05) is 104 Å². The lowest BCUT2D eigenvalue weighted by atomic mass is 10.1. The first-order valence-electron chi connectivity index (χ1n) is 19.2. The molecule has 12 nitrogen and oxygen atoms in total. The van der Waals surface area contributed by atoms with E-state index in [1.54, 1.807) is 23.5 Å². The van der Waals surface area contributed by atoms with Crippen molar-refractivity contribution in [1.82, 2.24) is 0 Å². The summed E-state index contributed by atoms with van der Waals surface area (Å²) >= 11 is 3.56. The van der Waals surface area contributed by atoms with Crippen molar-refractivity contribution >= 4 is 35.8 Å². The zero-order valence-corrected chi connectivity index (χ0v) is 37.8. The lowest BCUT2D eigenvalue weighted by Crippen LogP contribution is -2.31. The van der Waals surface area contributed by atoms with Crippen LogP contribution in [0, 0.1) is 0 Å². The highest BCUT2D eigenvalue weighted by atomic mass is 32.2. The van der Waals surface area contributed by atoms with Crippen LogP contribution in [0.5, 0.6) is 11.5 Å². The summed E-state index contributed by atoms with van der Waals surface area (Å²) in [4.78, 5) is 26.7. The lowest BCUT2D eigenvalue weighted by molar-refractivity contribution is 0.0118. The molecule has 0 radical (unpaired) electrons. The van der Waals surface area contributed by atoms with Crippen molar-refractivity contribution in [2.24, 2.45) is 20.5 Å². The average molecular weight is 819 g/mol. The van der Waals surface area contributed by atoms with Gasteiger partial charge in [0, 0.05) is 32.1 Å². The summed E-state index contributed by atoms with van der Waals surface area (Å²) < 4.78 is 33.3. The van der Waals surface area contributed by atoms with Crippen molar-refractivity contribution in [3.8, 4) is 11.5 Å². The molecule has 0 amide bonds. The van der Waals surface area contributed by atoms with Gasteiger partial charge in [-0.15, -0.1) is 33.8 Å². The zero-order chi connectivity index (χ0) is 42.3. The van der Waals surface area contributed by atoms with Gasteiger partial charge >= 0.3 is 12.3 Å². The molecule has 14 heteroatoms. The largest absolute Gasteiger partial charge is 0.508 e. The highest BCUT2D eigenvalue weighted by Gasteiger charge is 2.29. The Bertz CT molecular complexity index is 1440. The maximum absolute atomic E-state index is 12.2. The van der Waals surface area contributed by atoms with Crippen LogP contribution in [0.15, 0.2) is 78.8 Å². The predicted octanol–water partition coefficient (Wildman–Crippen LogP) is 12.7. The van der Waals surface area contributed by atoms with E-state index < -0.39 is 23.8 Å². The SMILES string of the molecule is CC(C)(C)N=NC(C)(CCCOC(=O)OCCOC(=O)OCCCC(C)(N=NC(C)(C)C)Oc1ccc(SC(C)(C)C)cc1)Oc1ccc(SC(C)(C)C)cc1. The molecule has 0 saturated heterocycles. The molecule has 0 bridgehead atoms. The quantitative estimate of drug-likeness (QED) is 0.0582. The number of nitrogens with zero attached hydrogens (tertiary/aromatic N) is 4. The van der Waals surface area contributed by atoms with Gasteiger partial charge in [0.15, 0.2) is 0 Å². The molecule has 2 unspecified atom stereocenters. The van der Waals surface area contributed by atoms with Gasteiger partial charge in [-0.3, -0.25) is 0 Å². The second-order valence-corrected chi connectivity index (χ2v) is 21.6. The maximum atomic E-state index is 12.2. The van der Waals surface area contributed by atoms with Gasteiger partial charge in [-0.1, -0.05) is 41.5 Å². The summed E-state index contributed by atoms with van der Waals surface area (Å²) in [5.74, 6) is 1.33. The summed E-state index contributed by atoms with van der Waals surface area (Å²) in [5, 5.41) is 17.9. The molecule has 2 rings (SSSR count). The smallest absolute Gasteiger partial charge is 0.465 e. The molecular weight excluding hydrogens is 753 g/mol. The minimum absolute atomic E-state index is 0.0758. The lowest BCUT2D eigenvalue weighted by Gasteiger charge is -2.27. The Hall–Kier alpha value is -3.52. The summed E-state index contributed by atoms with van der Waals surface area (Å²) in [7, 11) is 0. The van der Waals surface area contributed by atoms with Crippen molar-refractivity contribution < 1.29 is 38.0 Å². The molecule has 0 aliphatic carbocycles. The third-order valence-electron chi connectivity index (χ3n) is 6.83. The summed E-state index contributed by atoms with van der Waals surface area (Å²) in [5.41, 5.74) is -2.73. The number of carbonyl (C=O) groups excluding carboxylic acids is 2. The fourth-order valence-corrected chi connectivity index (χ4v) is 6.52. The van der Waals surface area contributed by atoms with Crippen molar-refractivity contribution in [3.05, 3.63) is 48.5 Å². The maximum Gasteiger partial charge on any atom is 0.508 e. The molecule has 2 aromatic carbocycles. The number of carbonyl (C=O) groups is 2. The van der Waals surface area contributed by atoms with Gasteiger partial charge in [0.2, 0.25) is 11.4 Å². The number of hydrogen-bond donors (Lipinski definition) is 0. The van der Waals surface area contributed by atoms with E-state index in [-0.39, 0.29) is 47.0 Å². The zero-order valence-electron chi connectivity index (χ0n) is 36.1. The first-order valence-corrected chi connectivity index (χ1v) is 20.8. The van der Waals surface area contributed by atoms with Gasteiger partial charge in [0.1, 0.15) is 24.7 Å². The monoisotopic (exact) mass is 818 g/mol. The Labute approximate surface area is 344 Å². The van der Waals surface area contributed by atoms with E-state index in [1.165, 1.54) is 0 Å². The molecule has 314 valence electrons. The fourth-order valence-electron chi connectivity index (χ4n) is 4.57. The van der Waals surface area contributed by atoms with E-state index in [0.29, 0.717) is 37.2 Å². The molecule has 0 fully saturated rings. The van der Waals surface area contributed by atoms with Crippen LogP contribution in [0.1, 0.15) is 123 Å². The molecule has 0 N–H and O–H groups in total. The van der Waals surface area contributed by atoms with E-state index in [2.05, 4.69) is 62.0 Å². The normalized spacial score (nSPS) is 14.9. The molecule has 0 heterocycles. The summed E-state index contributed by atoms with van der Waals surface area (Å²) in [6.07, 6.45) is 0.00264. The minimum atomic E-state index is -0.979. The molecule has 0 aliphatic rings. The van der Waals surface area contributed by atoms with Crippen LogP contribution in [0.4, 0.5) is 9.59 Å². The fraction of sp³-hybridized carbons (Fsp3) is 0.667. The van der Waals surface area contributed by atoms with Crippen LogP contribution in [-0.2, 0) is 18.9 Å². The summed E-state index contributed by atoms with van der Waals surface area (Å²) in [6.45, 7) is 28.2. The highest BCUT2D eigenvalue weighted by Crippen LogP contribution is 2.35. The number of ether oxygens (including phenoxy) is 6. The van der Waals surface area contributed by atoms with E-state index >= 15 is 0 Å². The number of azo groups is 2. The molecular formula is C42H66N4O8S2. The second kappa shape index (κ2) is 21.3. The van der Waals surface area contributed by atoms with Crippen molar-refractivity contribution in [1.29, 1.82) is 0 Å². The van der Waals surface area contributed by atoms with Crippen LogP contribution < -0.4 is 9.47 Å². The molecule has 0 saturated carbocycles. The minimum Gasteiger partial charge on any atom is -0.465 e. The van der Waals surface area contributed by atoms with Gasteiger partial charge in [-0.25, -0.2) is 9.59 Å². The Morgan fingerprint density at radius 1 is 0.464 bits per heavy atom. The van der Waals surface area contributed by atoms with Crippen LogP contribution in [-0.4, -0.2) is 70.8 Å². The number of thioether (sulfide) groups is 2. The molecule has 2 aromatic rings. The van der Waals surface area contributed by atoms with Gasteiger partial charge in [-0.2, -0.15) is 10.2 Å². The third-order valence-corrected chi connectivity index (χ3v) is 9.07. The van der Waals surface area contributed by atoms with Crippen molar-refractivity contribution in [2.75, 3.05) is 26.4 Å². The first-order chi connectivity index (χ1) is 25.7. The molecule has 56 heavy (non-hydrogen) atoms. The predicted molar refractivity (Wildman–Crippen MR) is 224 cm³/mol. The molecule has 0 aromatic heterocycles. The van der Waals surface area contributed by atoms with Gasteiger partial charge in [0.05, 0.1) is 24.3 Å². The molecule has 2 atom stereocenters. The average Bonchev–Trinajstić information content (AvgIpc) is 3.05. The van der Waals surface area contributed by atoms with Crippen LogP contribution >= 0.6 is 23.5 Å². The number of benzene rings is 2. The van der Waals surface area contributed by atoms with E-state index in [9.17, 15) is 9.59 Å². The topological polar surface area (TPSA) is 139 Å². The second-order valence-electron chi connectivity index (χ2n) is 17.8. The Morgan fingerprint density at radius 2 is 0.768 bits per heavy atom. The number of hydrogen-bond acceptors (Lipinski definition) is 14. The van der Waals surface area contributed by atoms with Crippen LogP contribution in [0.3, 0.4) is 0 Å². The van der Waals surface area contributed by atoms with Gasteiger partial charge in [0.25, 0.3) is 0 Å². The van der Waals surface area contributed by atoms with E-state index in [0.717, 1.165) is 9.79 Å². The highest BCUT2D eigenvalue weighted by molar-refractivity contribution is 8.00. The Kier molecular flexibility index (Phi) is 18.5. The first kappa shape index (κ1) is 48.6. The summed E-state index contributed by atoms with van der Waals surface area (Å²) in [6, 6.07) is 15.8. The standard InChI is InChI=1S/C42H66N4O8S2/c1-37(2,3)43-45-41(13,53-31-17-21-33(22-18-31)55-39(7,8)9)25-15-27-49-35(47)51-29-30-52-36(48)50-28-16-26-42(14,46-44-38(4,5)6)54-32-19-23-34(24-20-32)56-40(10,11)12/h17-24H,15-16,25-30H2,1-14H3. The number of rotatable bonds is 19. The van der Waals surface area contributed by atoms with Gasteiger partial charge < -0.3 is 28.4 Å². The van der Waals surface area contributed by atoms with Crippen molar-refractivity contribution in [2.45, 2.75) is 164 Å². The van der Waals surface area contributed by atoms with Crippen LogP contribution in [0.25, 0.3) is 0 Å². The Balaban J connectivity index is 1.76.